The fourth-order valence-corrected chi connectivity index (χ4v) is 2.68. The van der Waals surface area contributed by atoms with Crippen LogP contribution in [-0.4, -0.2) is 37.0 Å². The molecule has 0 atom stereocenters. The molecule has 1 heterocycles. The molecule has 0 radical (unpaired) electrons. The van der Waals surface area contributed by atoms with Crippen molar-refractivity contribution in [2.75, 3.05) is 20.1 Å². The van der Waals surface area contributed by atoms with Gasteiger partial charge in [0.25, 0.3) is 0 Å². The van der Waals surface area contributed by atoms with Gasteiger partial charge in [0.05, 0.1) is 0 Å². The van der Waals surface area contributed by atoms with Gasteiger partial charge in [0, 0.05) is 35.2 Å². The molecule has 0 unspecified atom stereocenters. The van der Waals surface area contributed by atoms with E-state index in [1.807, 2.05) is 7.05 Å². The summed E-state index contributed by atoms with van der Waals surface area (Å²) in [6, 6.07) is 5.17. The number of likely N-dealkylation sites (tertiary alicyclic amines) is 1. The van der Waals surface area contributed by atoms with Gasteiger partial charge in [0.2, 0.25) is 5.91 Å². The Hall–Kier alpha value is -1.20. The SMILES string of the molecule is CNC1CCN(C(=O)/C=C/c2cc(Br)ccc2F)CC1. The second kappa shape index (κ2) is 6.99. The number of carbonyl (C=O) groups excluding carboxylic acids is 1. The Morgan fingerprint density at radius 3 is 2.80 bits per heavy atom. The van der Waals surface area contributed by atoms with Gasteiger partial charge in [-0.2, -0.15) is 0 Å². The van der Waals surface area contributed by atoms with E-state index in [0.717, 1.165) is 30.4 Å². The Bertz CT molecular complexity index is 511. The van der Waals surface area contributed by atoms with Crippen LogP contribution in [0.3, 0.4) is 0 Å². The zero-order valence-electron chi connectivity index (χ0n) is 11.4. The second-order valence-corrected chi connectivity index (χ2v) is 5.80. The highest BCUT2D eigenvalue weighted by molar-refractivity contribution is 9.10. The number of carbonyl (C=O) groups is 1. The van der Waals surface area contributed by atoms with E-state index < -0.39 is 0 Å². The van der Waals surface area contributed by atoms with E-state index in [4.69, 9.17) is 0 Å². The van der Waals surface area contributed by atoms with Crippen LogP contribution in [0.1, 0.15) is 18.4 Å². The van der Waals surface area contributed by atoms with Crippen LogP contribution < -0.4 is 5.32 Å². The maximum Gasteiger partial charge on any atom is 0.246 e. The van der Waals surface area contributed by atoms with E-state index in [1.165, 1.54) is 18.2 Å². The van der Waals surface area contributed by atoms with Gasteiger partial charge in [-0.05, 0) is 44.2 Å². The first-order valence-corrected chi connectivity index (χ1v) is 7.49. The average Bonchev–Trinajstić information content (AvgIpc) is 2.48. The van der Waals surface area contributed by atoms with Crippen molar-refractivity contribution < 1.29 is 9.18 Å². The van der Waals surface area contributed by atoms with Crippen LogP contribution in [0.15, 0.2) is 28.7 Å². The van der Waals surface area contributed by atoms with Crippen LogP contribution in [0.4, 0.5) is 4.39 Å². The predicted octanol–water partition coefficient (Wildman–Crippen LogP) is 2.81. The first-order chi connectivity index (χ1) is 9.60. The Labute approximate surface area is 127 Å². The highest BCUT2D eigenvalue weighted by Crippen LogP contribution is 2.17. The number of rotatable bonds is 3. The van der Waals surface area contributed by atoms with Crippen molar-refractivity contribution in [2.24, 2.45) is 0 Å². The van der Waals surface area contributed by atoms with Crippen LogP contribution in [0, 0.1) is 5.82 Å². The predicted molar refractivity (Wildman–Crippen MR) is 81.8 cm³/mol. The van der Waals surface area contributed by atoms with E-state index >= 15 is 0 Å². The quantitative estimate of drug-likeness (QED) is 0.858. The Morgan fingerprint density at radius 2 is 2.15 bits per heavy atom. The van der Waals surface area contributed by atoms with Crippen LogP contribution in [0.25, 0.3) is 6.08 Å². The highest BCUT2D eigenvalue weighted by atomic mass is 79.9. The highest BCUT2D eigenvalue weighted by Gasteiger charge is 2.20. The molecule has 108 valence electrons. The first kappa shape index (κ1) is 15.2. The lowest BCUT2D eigenvalue weighted by Crippen LogP contribution is -2.43. The molecule has 1 aromatic rings. The Balaban J connectivity index is 1.97. The minimum Gasteiger partial charge on any atom is -0.339 e. The van der Waals surface area contributed by atoms with Crippen molar-refractivity contribution in [3.8, 4) is 0 Å². The minimum atomic E-state index is -0.328. The standard InChI is InChI=1S/C15H18BrFN2O/c1-18-13-6-8-19(9-7-13)15(20)5-2-11-10-12(16)3-4-14(11)17/h2-5,10,13,18H,6-9H2,1H3/b5-2+. The molecule has 0 saturated carbocycles. The van der Waals surface area contributed by atoms with Crippen molar-refractivity contribution in [3.05, 3.63) is 40.1 Å². The van der Waals surface area contributed by atoms with Crippen LogP contribution in [0.2, 0.25) is 0 Å². The van der Waals surface area contributed by atoms with Crippen molar-refractivity contribution in [1.82, 2.24) is 10.2 Å². The lowest BCUT2D eigenvalue weighted by atomic mass is 10.1. The molecule has 1 saturated heterocycles. The van der Waals surface area contributed by atoms with E-state index in [-0.39, 0.29) is 11.7 Å². The zero-order chi connectivity index (χ0) is 14.5. The molecule has 3 nitrogen and oxygen atoms in total. The maximum atomic E-state index is 13.6. The topological polar surface area (TPSA) is 32.3 Å². The van der Waals surface area contributed by atoms with Crippen LogP contribution in [-0.2, 0) is 4.79 Å². The fourth-order valence-electron chi connectivity index (χ4n) is 2.30. The Morgan fingerprint density at radius 1 is 1.45 bits per heavy atom. The summed E-state index contributed by atoms with van der Waals surface area (Å²) >= 11 is 3.29. The molecule has 1 fully saturated rings. The van der Waals surface area contributed by atoms with Gasteiger partial charge >= 0.3 is 0 Å². The lowest BCUT2D eigenvalue weighted by Gasteiger charge is -2.31. The van der Waals surface area contributed by atoms with E-state index in [1.54, 1.807) is 17.0 Å². The molecular formula is C15H18BrFN2O. The molecule has 0 aliphatic carbocycles. The molecule has 0 bridgehead atoms. The van der Waals surface area contributed by atoms with Gasteiger partial charge in [0.15, 0.2) is 0 Å². The second-order valence-electron chi connectivity index (χ2n) is 4.89. The first-order valence-electron chi connectivity index (χ1n) is 6.69. The number of amides is 1. The van der Waals surface area contributed by atoms with Gasteiger partial charge in [-0.3, -0.25) is 4.79 Å². The smallest absolute Gasteiger partial charge is 0.246 e. The van der Waals surface area contributed by atoms with Crippen molar-refractivity contribution in [1.29, 1.82) is 0 Å². The van der Waals surface area contributed by atoms with Gasteiger partial charge in [-0.25, -0.2) is 4.39 Å². The van der Waals surface area contributed by atoms with Crippen molar-refractivity contribution in [2.45, 2.75) is 18.9 Å². The lowest BCUT2D eigenvalue weighted by molar-refractivity contribution is -0.127. The van der Waals surface area contributed by atoms with Crippen LogP contribution >= 0.6 is 15.9 Å². The molecule has 1 aromatic carbocycles. The molecule has 1 aliphatic rings. The summed E-state index contributed by atoms with van der Waals surface area (Å²) in [6.07, 6.45) is 4.90. The molecule has 2 rings (SSSR count). The zero-order valence-corrected chi connectivity index (χ0v) is 13.0. The summed E-state index contributed by atoms with van der Waals surface area (Å²) in [6.45, 7) is 1.49. The van der Waals surface area contributed by atoms with Gasteiger partial charge in [-0.1, -0.05) is 15.9 Å². The maximum absolute atomic E-state index is 13.6. The molecule has 5 heteroatoms. The molecule has 20 heavy (non-hydrogen) atoms. The number of hydrogen-bond acceptors (Lipinski definition) is 2. The fraction of sp³-hybridized carbons (Fsp3) is 0.400. The van der Waals surface area contributed by atoms with Crippen LogP contribution in [0.5, 0.6) is 0 Å². The minimum absolute atomic E-state index is 0.0565. The Kier molecular flexibility index (Phi) is 5.31. The third kappa shape index (κ3) is 3.90. The van der Waals surface area contributed by atoms with E-state index in [0.29, 0.717) is 11.6 Å². The number of hydrogen-bond donors (Lipinski definition) is 1. The van der Waals surface area contributed by atoms with E-state index in [2.05, 4.69) is 21.2 Å². The monoisotopic (exact) mass is 340 g/mol. The summed E-state index contributed by atoms with van der Waals surface area (Å²) in [5.74, 6) is -0.384. The molecule has 0 aromatic heterocycles. The largest absolute Gasteiger partial charge is 0.339 e. The molecule has 1 N–H and O–H groups in total. The summed E-state index contributed by atoms with van der Waals surface area (Å²) in [5, 5.41) is 3.22. The van der Waals surface area contributed by atoms with Gasteiger partial charge in [0.1, 0.15) is 5.82 Å². The van der Waals surface area contributed by atoms with Gasteiger partial charge in [-0.15, -0.1) is 0 Å². The summed E-state index contributed by atoms with van der Waals surface area (Å²) in [4.78, 5) is 13.9. The normalized spacial score (nSPS) is 16.9. The molecular weight excluding hydrogens is 323 g/mol. The molecule has 0 spiro atoms. The average molecular weight is 341 g/mol. The third-order valence-electron chi connectivity index (χ3n) is 3.58. The summed E-state index contributed by atoms with van der Waals surface area (Å²) in [7, 11) is 1.94. The van der Waals surface area contributed by atoms with E-state index in [9.17, 15) is 9.18 Å². The molecule has 1 amide bonds. The molecule has 1 aliphatic heterocycles. The summed E-state index contributed by atoms with van der Waals surface area (Å²) < 4.78 is 14.3. The van der Waals surface area contributed by atoms with Crippen molar-refractivity contribution >= 4 is 27.9 Å². The number of nitrogens with one attached hydrogen (secondary N) is 1. The van der Waals surface area contributed by atoms with Crippen molar-refractivity contribution in [3.63, 3.8) is 0 Å². The number of piperidine rings is 1. The summed E-state index contributed by atoms with van der Waals surface area (Å²) in [5.41, 5.74) is 0.415. The number of benzene rings is 1. The number of nitrogens with zero attached hydrogens (tertiary/aromatic N) is 1. The van der Waals surface area contributed by atoms with Gasteiger partial charge < -0.3 is 10.2 Å². The number of halogens is 2. The third-order valence-corrected chi connectivity index (χ3v) is 4.07.